The van der Waals surface area contributed by atoms with Crippen LogP contribution < -0.4 is 50.6 Å². The molecule has 1 saturated heterocycles. The van der Waals surface area contributed by atoms with Gasteiger partial charge in [0, 0.05) is 25.6 Å². The smallest absolute Gasteiger partial charge is 0.543 e. The van der Waals surface area contributed by atoms with Gasteiger partial charge in [-0.25, -0.2) is 14.5 Å². The summed E-state index contributed by atoms with van der Waals surface area (Å²) in [5.41, 5.74) is 0.733. The topological polar surface area (TPSA) is 177 Å². The number of aliphatic carboxylic acids is 1. The summed E-state index contributed by atoms with van der Waals surface area (Å²) in [4.78, 5) is 64.8. The number of carboxylic acid groups (broad SMARTS) is 1. The Bertz CT molecular complexity index is 1340. The van der Waals surface area contributed by atoms with Gasteiger partial charge in [-0.1, -0.05) is 53.4 Å². The Balaban J connectivity index is 0.00000441. The first kappa shape index (κ1) is 31.9. The number of aromatic nitrogens is 2. The molecule has 17 heteroatoms. The number of hydrogen-bond acceptors (Lipinski definition) is 11. The fourth-order valence-corrected chi connectivity index (χ4v) is 7.23. The molecule has 0 bridgehead atoms. The second-order valence-electron chi connectivity index (χ2n) is 8.42. The van der Waals surface area contributed by atoms with Crippen molar-refractivity contribution in [2.24, 2.45) is 0 Å². The van der Waals surface area contributed by atoms with Crippen molar-refractivity contribution in [3.8, 4) is 0 Å². The number of hydrogen-bond donors (Lipinski definition) is 3. The number of fused-ring (bicyclic) bond motifs is 1. The van der Waals surface area contributed by atoms with E-state index >= 15 is 0 Å². The van der Waals surface area contributed by atoms with Crippen molar-refractivity contribution in [3.05, 3.63) is 52.2 Å². The second-order valence-corrected chi connectivity index (χ2v) is 11.9. The Morgan fingerprint density at radius 1 is 1.20 bits per heavy atom. The van der Waals surface area contributed by atoms with Crippen molar-refractivity contribution < 1.29 is 58.6 Å². The summed E-state index contributed by atoms with van der Waals surface area (Å²) < 4.78 is 0.681. The van der Waals surface area contributed by atoms with Gasteiger partial charge in [0.1, 0.15) is 22.5 Å². The van der Waals surface area contributed by atoms with Gasteiger partial charge in [-0.05, 0) is 18.1 Å². The molecule has 4 rings (SSSR count). The normalized spacial score (nSPS) is 18.5. The van der Waals surface area contributed by atoms with E-state index in [0.29, 0.717) is 27.0 Å². The molecule has 1 fully saturated rings. The molecule has 0 saturated carbocycles. The number of nitrogens with one attached hydrogen (secondary N) is 3. The molecule has 40 heavy (non-hydrogen) atoms. The van der Waals surface area contributed by atoms with E-state index in [0.717, 1.165) is 14.8 Å². The average molecular weight is 614 g/mol. The monoisotopic (exact) mass is 613 g/mol. The number of carbonyl (C=O) groups excluding carboxylic acids is 5. The number of aryl methyl sites for hydroxylation is 1. The number of carbonyl (C=O) groups is 5. The summed E-state index contributed by atoms with van der Waals surface area (Å²) in [5.74, 6) is -2.17. The molecule has 1 aromatic heterocycles. The third-order valence-corrected chi connectivity index (χ3v) is 9.30. The van der Waals surface area contributed by atoms with E-state index in [2.05, 4.69) is 26.1 Å². The van der Waals surface area contributed by atoms with E-state index in [-0.39, 0.29) is 35.3 Å². The van der Waals surface area contributed by atoms with Crippen molar-refractivity contribution in [1.29, 1.82) is 0 Å². The minimum absolute atomic E-state index is 0. The van der Waals surface area contributed by atoms with Crippen LogP contribution in [0.15, 0.2) is 45.9 Å². The van der Waals surface area contributed by atoms with Crippen molar-refractivity contribution in [1.82, 2.24) is 35.9 Å². The first-order valence-corrected chi connectivity index (χ1v) is 14.4. The Hall–Kier alpha value is -2.63. The number of urea groups is 2. The molecule has 3 atom stereocenters. The molecular weight excluding hydrogens is 589 g/mol. The Labute approximate surface area is 264 Å². The summed E-state index contributed by atoms with van der Waals surface area (Å²) in [6, 6.07) is 4.58. The van der Waals surface area contributed by atoms with E-state index in [1.54, 1.807) is 30.3 Å². The molecule has 6 amide bonds. The first-order valence-electron chi connectivity index (χ1n) is 11.5. The minimum Gasteiger partial charge on any atom is -0.543 e. The van der Waals surface area contributed by atoms with Crippen molar-refractivity contribution >= 4 is 64.7 Å². The Morgan fingerprint density at radius 2 is 1.90 bits per heavy atom. The van der Waals surface area contributed by atoms with Crippen LogP contribution in [0.1, 0.15) is 16.6 Å². The molecule has 0 spiro atoms. The number of amides is 6. The predicted octanol–water partition coefficient (Wildman–Crippen LogP) is -2.93. The van der Waals surface area contributed by atoms with Crippen LogP contribution >= 0.6 is 34.9 Å². The molecule has 2 aliphatic rings. The maximum Gasteiger partial charge on any atom is 1.00 e. The zero-order valence-electron chi connectivity index (χ0n) is 22.0. The van der Waals surface area contributed by atoms with Gasteiger partial charge in [0.2, 0.25) is 5.91 Å². The maximum absolute atomic E-state index is 13.3. The van der Waals surface area contributed by atoms with E-state index in [4.69, 9.17) is 0 Å². The number of rotatable bonds is 8. The number of carboxylic acids is 1. The zero-order chi connectivity index (χ0) is 28.3. The van der Waals surface area contributed by atoms with E-state index in [1.165, 1.54) is 49.0 Å². The van der Waals surface area contributed by atoms with Crippen LogP contribution in [0.25, 0.3) is 0 Å². The van der Waals surface area contributed by atoms with Crippen molar-refractivity contribution in [3.63, 3.8) is 0 Å². The van der Waals surface area contributed by atoms with Gasteiger partial charge in [0.25, 0.3) is 5.91 Å². The predicted molar refractivity (Wildman–Crippen MR) is 142 cm³/mol. The number of nitrogens with zero attached hydrogens (tertiary/aromatic N) is 4. The Morgan fingerprint density at radius 3 is 2.50 bits per heavy atom. The summed E-state index contributed by atoms with van der Waals surface area (Å²) in [7, 11) is 2.61. The molecule has 2 aliphatic heterocycles. The van der Waals surface area contributed by atoms with Gasteiger partial charge < -0.3 is 25.9 Å². The Kier molecular flexibility index (Phi) is 11.0. The van der Waals surface area contributed by atoms with Gasteiger partial charge in [-0.3, -0.25) is 14.5 Å². The van der Waals surface area contributed by atoms with Gasteiger partial charge in [-0.15, -0.1) is 22.0 Å². The first-order chi connectivity index (χ1) is 18.6. The van der Waals surface area contributed by atoms with Crippen molar-refractivity contribution in [2.75, 3.05) is 25.6 Å². The molecular formula is C23H24N7NaO6S3. The summed E-state index contributed by atoms with van der Waals surface area (Å²) in [6.45, 7) is 1.82. The van der Waals surface area contributed by atoms with Crippen LogP contribution in [0, 0.1) is 6.92 Å². The van der Waals surface area contributed by atoms with E-state index in [1.807, 2.05) is 6.92 Å². The minimum atomic E-state index is -1.48. The fourth-order valence-electron chi connectivity index (χ4n) is 3.93. The summed E-state index contributed by atoms with van der Waals surface area (Å²) in [5, 5.41) is 27.6. The van der Waals surface area contributed by atoms with E-state index < -0.39 is 47.3 Å². The molecule has 3 N–H and O–H groups in total. The molecule has 206 valence electrons. The molecule has 1 aromatic carbocycles. The van der Waals surface area contributed by atoms with Gasteiger partial charge >= 0.3 is 41.6 Å². The third-order valence-electron chi connectivity index (χ3n) is 5.90. The molecule has 13 nitrogen and oxygen atoms in total. The molecule has 2 unspecified atom stereocenters. The molecule has 0 radical (unpaired) electrons. The van der Waals surface area contributed by atoms with Crippen LogP contribution in [0.2, 0.25) is 0 Å². The van der Waals surface area contributed by atoms with E-state index in [9.17, 15) is 29.1 Å². The maximum atomic E-state index is 13.3. The van der Waals surface area contributed by atoms with Crippen LogP contribution in [-0.2, 0) is 14.4 Å². The number of benzene rings is 1. The van der Waals surface area contributed by atoms with Crippen LogP contribution in [-0.4, -0.2) is 86.9 Å². The van der Waals surface area contributed by atoms with Gasteiger partial charge in [0.15, 0.2) is 4.34 Å². The van der Waals surface area contributed by atoms with Gasteiger partial charge in [0.05, 0.1) is 11.7 Å². The molecule has 0 aliphatic carbocycles. The standard InChI is InChI=1S/C23H25N7O6S3.Na/c1-11-27-28-23(39-11)38-10-13-9-37-19-15(18(32)30(19)16(13)20(33)34)25-17(31)14(12-7-5-4-6-8-12)26-22(36)29(3)21(35)24-2;/h4-8,14-15,19H,9-10H2,1-3H3,(H,24,35)(H,25,31)(H,26,36)(H,33,34);/q;+1/p-1/t14?,15?,19-;/m0./s1. The molecule has 2 aromatic rings. The number of thioether (sulfide) groups is 2. The summed E-state index contributed by atoms with van der Waals surface area (Å²) in [6.07, 6.45) is 0. The number of imide groups is 1. The molecule has 3 heterocycles. The zero-order valence-corrected chi connectivity index (χ0v) is 26.4. The quantitative estimate of drug-likeness (QED) is 0.159. The largest absolute Gasteiger partial charge is 1.00 e. The van der Waals surface area contributed by atoms with Crippen LogP contribution in [0.3, 0.4) is 0 Å². The van der Waals surface area contributed by atoms with Gasteiger partial charge in [-0.2, -0.15) is 0 Å². The van der Waals surface area contributed by atoms with Crippen molar-refractivity contribution in [2.45, 2.75) is 28.7 Å². The third kappa shape index (κ3) is 6.80. The van der Waals surface area contributed by atoms with Crippen LogP contribution in [0.5, 0.6) is 0 Å². The second kappa shape index (κ2) is 13.8. The number of β-lactam (4-membered cyclic amide) rings is 1. The van der Waals surface area contributed by atoms with Crippen LogP contribution in [0.4, 0.5) is 9.59 Å². The average Bonchev–Trinajstić information content (AvgIpc) is 3.36. The SMILES string of the molecule is CNC(=O)N(C)C(=O)NC(C(=O)NC1C(=O)N2C(C(=O)[O-])=C(CSc3nnc(C)s3)CS[C@@H]12)c1ccccc1.[Na+]. The fraction of sp³-hybridized carbons (Fsp3) is 0.348. The summed E-state index contributed by atoms with van der Waals surface area (Å²) >= 11 is 4.02.